The van der Waals surface area contributed by atoms with Crippen LogP contribution in [0.4, 0.5) is 0 Å². The Labute approximate surface area is 152 Å². The van der Waals surface area contributed by atoms with E-state index in [1.807, 2.05) is 48.2 Å². The molecule has 128 valence electrons. The molecule has 0 unspecified atom stereocenters. The van der Waals surface area contributed by atoms with Gasteiger partial charge in [-0.2, -0.15) is 0 Å². The van der Waals surface area contributed by atoms with Gasteiger partial charge in [0.2, 0.25) is 0 Å². The molecule has 0 radical (unpaired) electrons. The minimum Gasteiger partial charge on any atom is -0.366 e. The zero-order valence-electron chi connectivity index (χ0n) is 14.4. The van der Waals surface area contributed by atoms with Crippen molar-refractivity contribution in [2.75, 3.05) is 7.05 Å². The molecular formula is C20H21N3OS. The molecule has 0 atom stereocenters. The first-order valence-corrected chi connectivity index (χ1v) is 8.61. The van der Waals surface area contributed by atoms with Crippen LogP contribution < -0.4 is 10.9 Å². The Morgan fingerprint density at radius 3 is 2.60 bits per heavy atom. The molecule has 5 heteroatoms. The summed E-state index contributed by atoms with van der Waals surface area (Å²) in [5.41, 5.74) is 3.79. The normalized spacial score (nSPS) is 10.6. The molecule has 2 aromatic carbocycles. The maximum Gasteiger partial charge on any atom is 0.253 e. The van der Waals surface area contributed by atoms with Crippen LogP contribution in [0.3, 0.4) is 0 Å². The zero-order valence-corrected chi connectivity index (χ0v) is 15.2. The van der Waals surface area contributed by atoms with Crippen LogP contribution in [0.25, 0.3) is 10.9 Å². The predicted molar refractivity (Wildman–Crippen MR) is 107 cm³/mol. The highest BCUT2D eigenvalue weighted by Gasteiger charge is 2.13. The number of rotatable bonds is 4. The number of aryl methyl sites for hydroxylation is 1. The third-order valence-electron chi connectivity index (χ3n) is 4.16. The van der Waals surface area contributed by atoms with Gasteiger partial charge in [0.05, 0.1) is 6.54 Å². The molecule has 1 aromatic heterocycles. The second-order valence-electron chi connectivity index (χ2n) is 6.11. The molecule has 3 rings (SSSR count). The van der Waals surface area contributed by atoms with E-state index in [4.69, 9.17) is 12.2 Å². The Hall–Kier alpha value is -2.66. The van der Waals surface area contributed by atoms with E-state index in [1.54, 1.807) is 7.05 Å². The predicted octanol–water partition coefficient (Wildman–Crippen LogP) is 3.34. The largest absolute Gasteiger partial charge is 0.366 e. The summed E-state index contributed by atoms with van der Waals surface area (Å²) in [6.45, 7) is 3.14. The molecule has 0 spiro atoms. The van der Waals surface area contributed by atoms with Crippen molar-refractivity contribution in [3.05, 3.63) is 81.6 Å². The summed E-state index contributed by atoms with van der Waals surface area (Å²) in [7, 11) is 1.80. The van der Waals surface area contributed by atoms with Gasteiger partial charge in [-0.15, -0.1) is 0 Å². The van der Waals surface area contributed by atoms with E-state index in [2.05, 4.69) is 28.5 Å². The molecule has 3 aromatic rings. The van der Waals surface area contributed by atoms with Crippen molar-refractivity contribution in [2.45, 2.75) is 20.0 Å². The first-order valence-electron chi connectivity index (χ1n) is 8.20. The first kappa shape index (κ1) is 17.2. The fourth-order valence-electron chi connectivity index (χ4n) is 2.86. The van der Waals surface area contributed by atoms with Crippen molar-refractivity contribution in [1.82, 2.24) is 15.2 Å². The van der Waals surface area contributed by atoms with E-state index in [9.17, 15) is 4.79 Å². The summed E-state index contributed by atoms with van der Waals surface area (Å²) in [5.74, 6) is 0. The average molecular weight is 351 g/mol. The maximum absolute atomic E-state index is 12.5. The van der Waals surface area contributed by atoms with Crippen molar-refractivity contribution in [2.24, 2.45) is 0 Å². The lowest BCUT2D eigenvalue weighted by Crippen LogP contribution is -2.38. The molecule has 0 aliphatic heterocycles. The van der Waals surface area contributed by atoms with E-state index in [1.165, 1.54) is 0 Å². The molecule has 0 fully saturated rings. The van der Waals surface area contributed by atoms with Gasteiger partial charge in [0.25, 0.3) is 5.56 Å². The van der Waals surface area contributed by atoms with Crippen molar-refractivity contribution < 1.29 is 0 Å². The summed E-state index contributed by atoms with van der Waals surface area (Å²) < 4.78 is 0. The Morgan fingerprint density at radius 1 is 1.12 bits per heavy atom. The maximum atomic E-state index is 12.5. The Bertz CT molecular complexity index is 950. The van der Waals surface area contributed by atoms with Crippen LogP contribution in [-0.2, 0) is 13.1 Å². The number of aromatic nitrogens is 1. The highest BCUT2D eigenvalue weighted by molar-refractivity contribution is 7.80. The summed E-state index contributed by atoms with van der Waals surface area (Å²) in [4.78, 5) is 17.4. The number of nitrogens with zero attached hydrogens (tertiary/aromatic N) is 1. The van der Waals surface area contributed by atoms with Gasteiger partial charge in [-0.3, -0.25) is 4.79 Å². The first-order chi connectivity index (χ1) is 12.1. The highest BCUT2D eigenvalue weighted by atomic mass is 32.1. The molecular weight excluding hydrogens is 330 g/mol. The molecule has 0 bridgehead atoms. The van der Waals surface area contributed by atoms with Crippen molar-refractivity contribution in [1.29, 1.82) is 0 Å². The fraction of sp³-hybridized carbons (Fsp3) is 0.200. The molecule has 0 amide bonds. The quantitative estimate of drug-likeness (QED) is 0.708. The van der Waals surface area contributed by atoms with Crippen molar-refractivity contribution in [3.8, 4) is 0 Å². The van der Waals surface area contributed by atoms with Gasteiger partial charge in [0.15, 0.2) is 5.11 Å². The number of nitrogens with one attached hydrogen (secondary N) is 2. The van der Waals surface area contributed by atoms with Gasteiger partial charge in [-0.25, -0.2) is 0 Å². The molecule has 0 aliphatic carbocycles. The summed E-state index contributed by atoms with van der Waals surface area (Å²) in [6.07, 6.45) is 0. The van der Waals surface area contributed by atoms with Crippen LogP contribution in [0.1, 0.15) is 16.7 Å². The van der Waals surface area contributed by atoms with Gasteiger partial charge >= 0.3 is 0 Å². The van der Waals surface area contributed by atoms with Crippen molar-refractivity contribution >= 4 is 28.2 Å². The van der Waals surface area contributed by atoms with E-state index >= 15 is 0 Å². The Balaban J connectivity index is 1.93. The molecule has 0 saturated carbocycles. The van der Waals surface area contributed by atoms with Crippen molar-refractivity contribution in [3.63, 3.8) is 0 Å². The van der Waals surface area contributed by atoms with Crippen LogP contribution in [0.15, 0.2) is 59.4 Å². The smallest absolute Gasteiger partial charge is 0.253 e. The lowest BCUT2D eigenvalue weighted by atomic mass is 10.1. The minimum absolute atomic E-state index is 0.0756. The topological polar surface area (TPSA) is 48.1 Å². The van der Waals surface area contributed by atoms with E-state index in [-0.39, 0.29) is 5.56 Å². The average Bonchev–Trinajstić information content (AvgIpc) is 2.62. The molecule has 0 saturated heterocycles. The van der Waals surface area contributed by atoms with Gasteiger partial charge in [0, 0.05) is 24.7 Å². The van der Waals surface area contributed by atoms with Gasteiger partial charge in [0.1, 0.15) is 0 Å². The lowest BCUT2D eigenvalue weighted by molar-refractivity contribution is 0.401. The highest BCUT2D eigenvalue weighted by Crippen LogP contribution is 2.15. The summed E-state index contributed by atoms with van der Waals surface area (Å²) in [6, 6.07) is 18.1. The number of pyridine rings is 1. The van der Waals surface area contributed by atoms with Gasteiger partial charge in [-0.05, 0) is 48.3 Å². The van der Waals surface area contributed by atoms with Crippen LogP contribution in [0, 0.1) is 6.92 Å². The van der Waals surface area contributed by atoms with E-state index in [0.29, 0.717) is 23.8 Å². The molecule has 2 N–H and O–H groups in total. The fourth-order valence-corrected chi connectivity index (χ4v) is 2.98. The number of hydrogen-bond acceptors (Lipinski definition) is 2. The standard InChI is InChI=1S/C20H21N3OS/c1-14-8-9-18-16(10-14)11-17(19(24)22-18)13-23(20(25)21-2)12-15-6-4-3-5-7-15/h3-11H,12-13H2,1-2H3,(H,21,25)(H,22,24). The van der Waals surface area contributed by atoms with E-state index in [0.717, 1.165) is 22.0 Å². The van der Waals surface area contributed by atoms with Crippen LogP contribution >= 0.6 is 12.2 Å². The molecule has 25 heavy (non-hydrogen) atoms. The number of thiocarbonyl (C=S) groups is 1. The zero-order chi connectivity index (χ0) is 17.8. The van der Waals surface area contributed by atoms with Crippen LogP contribution in [0.5, 0.6) is 0 Å². The van der Waals surface area contributed by atoms with Gasteiger partial charge in [-0.1, -0.05) is 42.0 Å². The van der Waals surface area contributed by atoms with Gasteiger partial charge < -0.3 is 15.2 Å². The third kappa shape index (κ3) is 4.06. The monoisotopic (exact) mass is 351 g/mol. The van der Waals surface area contributed by atoms with Crippen LogP contribution in [0.2, 0.25) is 0 Å². The number of aromatic amines is 1. The molecule has 4 nitrogen and oxygen atoms in total. The summed E-state index contributed by atoms with van der Waals surface area (Å²) >= 11 is 5.44. The second kappa shape index (κ2) is 7.49. The molecule has 1 heterocycles. The SMILES string of the molecule is CNC(=S)N(Cc1ccccc1)Cc1cc2cc(C)ccc2[nH]c1=O. The number of fused-ring (bicyclic) bond motifs is 1. The number of hydrogen-bond donors (Lipinski definition) is 2. The summed E-state index contributed by atoms with van der Waals surface area (Å²) in [5, 5.41) is 4.67. The van der Waals surface area contributed by atoms with E-state index < -0.39 is 0 Å². The Morgan fingerprint density at radius 2 is 1.88 bits per heavy atom. The molecule has 0 aliphatic rings. The second-order valence-corrected chi connectivity index (χ2v) is 6.50. The third-order valence-corrected chi connectivity index (χ3v) is 4.62. The minimum atomic E-state index is -0.0756. The number of benzene rings is 2. The lowest BCUT2D eigenvalue weighted by Gasteiger charge is -2.25. The Kier molecular flexibility index (Phi) is 5.14. The van der Waals surface area contributed by atoms with Crippen LogP contribution in [-0.4, -0.2) is 22.0 Å². The number of H-pyrrole nitrogens is 1.